The molecule has 3 aromatic heterocycles. The molecule has 0 saturated heterocycles. The fourth-order valence-corrected chi connectivity index (χ4v) is 5.09. The molecule has 0 radical (unpaired) electrons. The van der Waals surface area contributed by atoms with Crippen molar-refractivity contribution in [3.63, 3.8) is 0 Å². The van der Waals surface area contributed by atoms with Gasteiger partial charge in [0, 0.05) is 23.7 Å². The topological polar surface area (TPSA) is 74.7 Å². The number of thioether (sulfide) groups is 1. The van der Waals surface area contributed by atoms with E-state index < -0.39 is 0 Å². The van der Waals surface area contributed by atoms with Gasteiger partial charge in [0.25, 0.3) is 0 Å². The summed E-state index contributed by atoms with van der Waals surface area (Å²) in [6.07, 6.45) is 3.65. The molecule has 35 heavy (non-hydrogen) atoms. The quantitative estimate of drug-likeness (QED) is 0.250. The lowest BCUT2D eigenvalue weighted by Crippen LogP contribution is -1.94. The van der Waals surface area contributed by atoms with Crippen molar-refractivity contribution in [1.82, 2.24) is 19.6 Å². The van der Waals surface area contributed by atoms with Crippen LogP contribution < -0.4 is 9.47 Å². The van der Waals surface area contributed by atoms with Crippen molar-refractivity contribution in [2.45, 2.75) is 31.6 Å². The predicted molar refractivity (Wildman–Crippen MR) is 137 cm³/mol. The Kier molecular flexibility index (Phi) is 6.21. The fraction of sp³-hybridized carbons (Fsp3) is 0.222. The van der Waals surface area contributed by atoms with Crippen molar-refractivity contribution in [1.29, 1.82) is 0 Å². The van der Waals surface area contributed by atoms with Crippen LogP contribution in [-0.4, -0.2) is 33.8 Å². The zero-order valence-corrected chi connectivity index (χ0v) is 21.1. The van der Waals surface area contributed by atoms with Crippen LogP contribution in [0.5, 0.6) is 11.5 Å². The summed E-state index contributed by atoms with van der Waals surface area (Å²) in [6, 6.07) is 14.2. The van der Waals surface area contributed by atoms with E-state index in [0.717, 1.165) is 38.8 Å². The second kappa shape index (κ2) is 9.46. The molecule has 0 fully saturated rings. The minimum Gasteiger partial charge on any atom is -0.493 e. The van der Waals surface area contributed by atoms with Gasteiger partial charge in [0.05, 0.1) is 36.7 Å². The highest BCUT2D eigenvalue weighted by molar-refractivity contribution is 7.98. The van der Waals surface area contributed by atoms with Gasteiger partial charge in [-0.3, -0.25) is 0 Å². The zero-order valence-electron chi connectivity index (χ0n) is 20.3. The van der Waals surface area contributed by atoms with Crippen molar-refractivity contribution in [2.24, 2.45) is 0 Å². The molecule has 2 aromatic carbocycles. The maximum atomic E-state index is 6.01. The van der Waals surface area contributed by atoms with E-state index >= 15 is 0 Å². The second-order valence-electron chi connectivity index (χ2n) is 8.26. The monoisotopic (exact) mass is 486 g/mol. The summed E-state index contributed by atoms with van der Waals surface area (Å²) in [5, 5.41) is 5.68. The molecule has 0 aliphatic carbocycles. The van der Waals surface area contributed by atoms with Crippen molar-refractivity contribution in [3.8, 4) is 34.2 Å². The molecule has 0 N–H and O–H groups in total. The molecule has 7 nitrogen and oxygen atoms in total. The third-order valence-corrected chi connectivity index (χ3v) is 6.89. The molecular weight excluding hydrogens is 460 g/mol. The average Bonchev–Trinajstić information content (AvgIpc) is 3.45. The van der Waals surface area contributed by atoms with Crippen LogP contribution in [0.4, 0.5) is 0 Å². The summed E-state index contributed by atoms with van der Waals surface area (Å²) in [5.74, 6) is 3.10. The van der Waals surface area contributed by atoms with Gasteiger partial charge in [-0.05, 0) is 44.5 Å². The largest absolute Gasteiger partial charge is 0.493 e. The van der Waals surface area contributed by atoms with Crippen LogP contribution in [0.3, 0.4) is 0 Å². The van der Waals surface area contributed by atoms with E-state index in [1.54, 1.807) is 32.2 Å². The molecule has 0 atom stereocenters. The van der Waals surface area contributed by atoms with E-state index in [9.17, 15) is 0 Å². The molecule has 0 amide bonds. The minimum absolute atomic E-state index is 0.501. The Hall–Kier alpha value is -3.78. The number of rotatable bonds is 7. The highest BCUT2D eigenvalue weighted by Gasteiger charge is 2.19. The van der Waals surface area contributed by atoms with Crippen LogP contribution in [0.25, 0.3) is 28.2 Å². The number of aromatic nitrogens is 4. The Bertz CT molecular complexity index is 1520. The van der Waals surface area contributed by atoms with Crippen LogP contribution in [0.15, 0.2) is 64.3 Å². The van der Waals surface area contributed by atoms with Crippen LogP contribution in [0, 0.1) is 20.8 Å². The standard InChI is InChI=1S/C27H26N4O3S/c1-16-9-10-19(17(2)13-16)21-14-23-27(28-11-12-31(23)30-21)35-15-22-18(3)34-26(29-22)20-7-6-8-24(32-4)25(20)33-5/h6-14H,15H2,1-5H3. The smallest absolute Gasteiger partial charge is 0.230 e. The molecule has 5 aromatic rings. The first kappa shape index (κ1) is 23.0. The van der Waals surface area contributed by atoms with Gasteiger partial charge < -0.3 is 13.9 Å². The van der Waals surface area contributed by atoms with Crippen LogP contribution in [0.2, 0.25) is 0 Å². The Morgan fingerprint density at radius 3 is 2.63 bits per heavy atom. The van der Waals surface area contributed by atoms with Gasteiger partial charge in [-0.1, -0.05) is 41.6 Å². The van der Waals surface area contributed by atoms with E-state index in [4.69, 9.17) is 24.0 Å². The van der Waals surface area contributed by atoms with Gasteiger partial charge >= 0.3 is 0 Å². The third-order valence-electron chi connectivity index (χ3n) is 5.88. The summed E-state index contributed by atoms with van der Waals surface area (Å²) >= 11 is 1.61. The Morgan fingerprint density at radius 2 is 1.86 bits per heavy atom. The number of oxazole rings is 1. The highest BCUT2D eigenvalue weighted by atomic mass is 32.2. The van der Waals surface area contributed by atoms with Gasteiger partial charge in [-0.2, -0.15) is 5.10 Å². The number of hydrogen-bond donors (Lipinski definition) is 0. The number of methoxy groups -OCH3 is 2. The molecule has 0 aliphatic heterocycles. The first-order chi connectivity index (χ1) is 17.0. The lowest BCUT2D eigenvalue weighted by atomic mass is 10.0. The van der Waals surface area contributed by atoms with Crippen molar-refractivity contribution < 1.29 is 13.9 Å². The number of benzene rings is 2. The highest BCUT2D eigenvalue weighted by Crippen LogP contribution is 2.38. The Labute approximate surface area is 208 Å². The summed E-state index contributed by atoms with van der Waals surface area (Å²) < 4.78 is 18.9. The lowest BCUT2D eigenvalue weighted by Gasteiger charge is -2.09. The number of ether oxygens (including phenoxy) is 2. The van der Waals surface area contributed by atoms with Crippen molar-refractivity contribution in [3.05, 3.63) is 77.4 Å². The van der Waals surface area contributed by atoms with E-state index in [1.807, 2.05) is 35.8 Å². The van der Waals surface area contributed by atoms with E-state index in [-0.39, 0.29) is 0 Å². The first-order valence-electron chi connectivity index (χ1n) is 11.2. The summed E-state index contributed by atoms with van der Waals surface area (Å²) in [4.78, 5) is 9.38. The minimum atomic E-state index is 0.501. The lowest BCUT2D eigenvalue weighted by molar-refractivity contribution is 0.355. The average molecular weight is 487 g/mol. The number of hydrogen-bond acceptors (Lipinski definition) is 7. The molecule has 5 rings (SSSR count). The van der Waals surface area contributed by atoms with Gasteiger partial charge in [0.2, 0.25) is 5.89 Å². The van der Waals surface area contributed by atoms with Crippen molar-refractivity contribution >= 4 is 17.3 Å². The van der Waals surface area contributed by atoms with E-state index in [2.05, 4.69) is 43.1 Å². The second-order valence-corrected chi connectivity index (χ2v) is 9.23. The molecule has 0 bridgehead atoms. The molecule has 0 aliphatic rings. The van der Waals surface area contributed by atoms with Gasteiger partial charge in [0.15, 0.2) is 11.5 Å². The number of para-hydroxylation sites is 1. The fourth-order valence-electron chi connectivity index (χ4n) is 4.11. The Balaban J connectivity index is 1.43. The van der Waals surface area contributed by atoms with Crippen LogP contribution in [-0.2, 0) is 5.75 Å². The van der Waals surface area contributed by atoms with Crippen LogP contribution in [0.1, 0.15) is 22.6 Å². The molecule has 3 heterocycles. The maximum absolute atomic E-state index is 6.01. The first-order valence-corrected chi connectivity index (χ1v) is 12.2. The molecule has 0 unspecified atom stereocenters. The summed E-state index contributed by atoms with van der Waals surface area (Å²) in [6.45, 7) is 6.13. The molecular formula is C27H26N4O3S. The van der Waals surface area contributed by atoms with E-state index in [1.165, 1.54) is 11.1 Å². The SMILES string of the molecule is COc1cccc(-c2nc(CSc3nccn4nc(-c5ccc(C)cc5C)cc34)c(C)o2)c1OC. The number of nitrogens with zero attached hydrogens (tertiary/aromatic N) is 4. The van der Waals surface area contributed by atoms with Crippen LogP contribution >= 0.6 is 11.8 Å². The number of fused-ring (bicyclic) bond motifs is 1. The number of aryl methyl sites for hydroxylation is 3. The van der Waals surface area contributed by atoms with Gasteiger partial charge in [0.1, 0.15) is 10.8 Å². The van der Waals surface area contributed by atoms with Gasteiger partial charge in [-0.15, -0.1) is 0 Å². The zero-order chi connectivity index (χ0) is 24.5. The van der Waals surface area contributed by atoms with Gasteiger partial charge in [-0.25, -0.2) is 14.5 Å². The van der Waals surface area contributed by atoms with E-state index in [0.29, 0.717) is 23.1 Å². The molecule has 0 spiro atoms. The normalized spacial score (nSPS) is 11.2. The predicted octanol–water partition coefficient (Wildman–Crippen LogP) is 6.29. The molecule has 0 saturated carbocycles. The third kappa shape index (κ3) is 4.37. The summed E-state index contributed by atoms with van der Waals surface area (Å²) in [7, 11) is 3.22. The Morgan fingerprint density at radius 1 is 1.00 bits per heavy atom. The molecule has 178 valence electrons. The molecule has 8 heteroatoms. The summed E-state index contributed by atoms with van der Waals surface area (Å²) in [5.41, 5.74) is 7.06. The van der Waals surface area contributed by atoms with Crippen molar-refractivity contribution in [2.75, 3.05) is 14.2 Å². The maximum Gasteiger partial charge on any atom is 0.230 e.